The fourth-order valence-electron chi connectivity index (χ4n) is 1.67. The molecule has 0 spiro atoms. The van der Waals surface area contributed by atoms with Crippen LogP contribution in [-0.4, -0.2) is 38.7 Å². The summed E-state index contributed by atoms with van der Waals surface area (Å²) in [7, 11) is -1.59. The summed E-state index contributed by atoms with van der Waals surface area (Å²) in [6.45, 7) is 0. The molecule has 6 heteroatoms. The summed E-state index contributed by atoms with van der Waals surface area (Å²) in [5, 5.41) is 11.1. The Hall–Kier alpha value is -0.910. The minimum atomic E-state index is -1.59. The summed E-state index contributed by atoms with van der Waals surface area (Å²) in [5.41, 5.74) is 0. The smallest absolute Gasteiger partial charge is 0.316 e. The number of rotatable bonds is 5. The van der Waals surface area contributed by atoms with Gasteiger partial charge in [0.2, 0.25) is 5.91 Å². The van der Waals surface area contributed by atoms with Crippen LogP contribution in [0.15, 0.2) is 0 Å². The number of carboxylic acid groups (broad SMARTS) is 1. The molecule has 0 bridgehead atoms. The van der Waals surface area contributed by atoms with Crippen LogP contribution in [0, 0.1) is 0 Å². The second kappa shape index (κ2) is 5.85. The van der Waals surface area contributed by atoms with Crippen LogP contribution in [0.25, 0.3) is 0 Å². The summed E-state index contributed by atoms with van der Waals surface area (Å²) in [6.07, 6.45) is 4.17. The number of hydrogen-bond acceptors (Lipinski definition) is 3. The van der Waals surface area contributed by atoms with Crippen molar-refractivity contribution in [2.75, 3.05) is 11.5 Å². The van der Waals surface area contributed by atoms with Gasteiger partial charge in [-0.15, -0.1) is 0 Å². The van der Waals surface area contributed by atoms with Gasteiger partial charge in [-0.25, -0.2) is 0 Å². The third kappa shape index (κ3) is 4.92. The van der Waals surface area contributed by atoms with E-state index in [4.69, 9.17) is 5.11 Å². The van der Waals surface area contributed by atoms with Crippen LogP contribution in [0.4, 0.5) is 0 Å². The molecule has 1 atom stereocenters. The van der Waals surface area contributed by atoms with Gasteiger partial charge in [0.1, 0.15) is 11.5 Å². The first kappa shape index (κ1) is 12.2. The molecule has 1 fully saturated rings. The van der Waals surface area contributed by atoms with Crippen LogP contribution in [-0.2, 0) is 20.4 Å². The summed E-state index contributed by atoms with van der Waals surface area (Å²) >= 11 is 0. The molecule has 1 amide bonds. The highest BCUT2D eigenvalue weighted by Crippen LogP contribution is 2.17. The van der Waals surface area contributed by atoms with E-state index in [2.05, 4.69) is 5.32 Å². The Morgan fingerprint density at radius 3 is 2.40 bits per heavy atom. The zero-order chi connectivity index (χ0) is 11.3. The number of carbonyl (C=O) groups is 2. The molecule has 0 aromatic rings. The van der Waals surface area contributed by atoms with Crippen molar-refractivity contribution in [2.45, 2.75) is 31.7 Å². The van der Waals surface area contributed by atoms with E-state index < -0.39 is 22.5 Å². The lowest BCUT2D eigenvalue weighted by atomic mass is 10.2. The standard InChI is InChI=1S/C9H15NO4S/c11-8(5-15(14)6-9(12)13)10-7-3-1-2-4-7/h7H,1-6H2,(H,10,11)(H,12,13). The van der Waals surface area contributed by atoms with Crippen LogP contribution in [0.2, 0.25) is 0 Å². The average molecular weight is 233 g/mol. The highest BCUT2D eigenvalue weighted by atomic mass is 32.2. The third-order valence-corrected chi connectivity index (χ3v) is 3.45. The molecule has 86 valence electrons. The number of aliphatic carboxylic acids is 1. The highest BCUT2D eigenvalue weighted by molar-refractivity contribution is 7.86. The van der Waals surface area contributed by atoms with Crippen molar-refractivity contribution < 1.29 is 18.9 Å². The van der Waals surface area contributed by atoms with Crippen molar-refractivity contribution in [1.82, 2.24) is 5.32 Å². The van der Waals surface area contributed by atoms with Crippen LogP contribution in [0.5, 0.6) is 0 Å². The summed E-state index contributed by atoms with van der Waals surface area (Å²) < 4.78 is 11.1. The van der Waals surface area contributed by atoms with Crippen molar-refractivity contribution in [3.05, 3.63) is 0 Å². The molecule has 15 heavy (non-hydrogen) atoms. The van der Waals surface area contributed by atoms with E-state index in [1.54, 1.807) is 0 Å². The van der Waals surface area contributed by atoms with E-state index in [0.717, 1.165) is 25.7 Å². The zero-order valence-corrected chi connectivity index (χ0v) is 9.22. The molecule has 2 N–H and O–H groups in total. The first-order chi connectivity index (χ1) is 7.08. The third-order valence-electron chi connectivity index (χ3n) is 2.30. The molecule has 1 aliphatic rings. The molecule has 0 heterocycles. The maximum atomic E-state index is 11.3. The number of carbonyl (C=O) groups excluding carboxylic acids is 1. The molecule has 0 saturated heterocycles. The molecule has 0 aromatic heterocycles. The van der Waals surface area contributed by atoms with Gasteiger partial charge in [0.25, 0.3) is 0 Å². The Balaban J connectivity index is 2.22. The molecule has 0 aliphatic heterocycles. The molecule has 0 radical (unpaired) electrons. The monoisotopic (exact) mass is 233 g/mol. The van der Waals surface area contributed by atoms with Crippen molar-refractivity contribution in [3.63, 3.8) is 0 Å². The molecule has 0 aromatic carbocycles. The summed E-state index contributed by atoms with van der Waals surface area (Å²) in [5.74, 6) is -2.11. The Morgan fingerprint density at radius 1 is 1.27 bits per heavy atom. The number of carboxylic acids is 1. The van der Waals surface area contributed by atoms with E-state index in [0.29, 0.717) is 0 Å². The lowest BCUT2D eigenvalue weighted by molar-refractivity contribution is -0.133. The molecular weight excluding hydrogens is 218 g/mol. The van der Waals surface area contributed by atoms with Gasteiger partial charge in [-0.05, 0) is 12.8 Å². The lowest BCUT2D eigenvalue weighted by Crippen LogP contribution is -2.36. The molecule has 1 aliphatic carbocycles. The second-order valence-electron chi connectivity index (χ2n) is 3.67. The minimum Gasteiger partial charge on any atom is -0.481 e. The lowest BCUT2D eigenvalue weighted by Gasteiger charge is -2.10. The van der Waals surface area contributed by atoms with E-state index in [1.807, 2.05) is 0 Å². The van der Waals surface area contributed by atoms with Crippen molar-refractivity contribution >= 4 is 22.7 Å². The Labute approximate surface area is 90.7 Å². The van der Waals surface area contributed by atoms with Crippen molar-refractivity contribution in [3.8, 4) is 0 Å². The Bertz CT molecular complexity index is 273. The zero-order valence-electron chi connectivity index (χ0n) is 8.40. The van der Waals surface area contributed by atoms with Gasteiger partial charge in [-0.1, -0.05) is 12.8 Å². The van der Waals surface area contributed by atoms with Gasteiger partial charge < -0.3 is 10.4 Å². The maximum absolute atomic E-state index is 11.3. The van der Waals surface area contributed by atoms with E-state index in [1.165, 1.54) is 0 Å². The van der Waals surface area contributed by atoms with Gasteiger partial charge in [0.05, 0.1) is 0 Å². The highest BCUT2D eigenvalue weighted by Gasteiger charge is 2.18. The Morgan fingerprint density at radius 2 is 1.87 bits per heavy atom. The number of nitrogens with one attached hydrogen (secondary N) is 1. The second-order valence-corrected chi connectivity index (χ2v) is 5.13. The van der Waals surface area contributed by atoms with Crippen LogP contribution in [0.1, 0.15) is 25.7 Å². The SMILES string of the molecule is O=C(O)CS(=O)CC(=O)NC1CCCC1. The van der Waals surface area contributed by atoms with Gasteiger partial charge in [0.15, 0.2) is 0 Å². The normalized spacial score (nSPS) is 18.7. The topological polar surface area (TPSA) is 83.5 Å². The van der Waals surface area contributed by atoms with Crippen LogP contribution < -0.4 is 5.32 Å². The minimum absolute atomic E-state index is 0.194. The summed E-state index contributed by atoms with van der Waals surface area (Å²) in [6, 6.07) is 0.194. The molecule has 5 nitrogen and oxygen atoms in total. The van der Waals surface area contributed by atoms with Gasteiger partial charge in [-0.2, -0.15) is 0 Å². The summed E-state index contributed by atoms with van der Waals surface area (Å²) in [4.78, 5) is 21.5. The van der Waals surface area contributed by atoms with Gasteiger partial charge >= 0.3 is 5.97 Å². The molecular formula is C9H15NO4S. The van der Waals surface area contributed by atoms with Gasteiger partial charge in [0, 0.05) is 16.8 Å². The van der Waals surface area contributed by atoms with E-state index >= 15 is 0 Å². The van der Waals surface area contributed by atoms with Crippen LogP contribution in [0.3, 0.4) is 0 Å². The fourth-order valence-corrected chi connectivity index (χ4v) is 2.43. The molecule has 1 saturated carbocycles. The number of amides is 1. The van der Waals surface area contributed by atoms with Crippen molar-refractivity contribution in [1.29, 1.82) is 0 Å². The van der Waals surface area contributed by atoms with E-state index in [-0.39, 0.29) is 17.7 Å². The largest absolute Gasteiger partial charge is 0.481 e. The molecule has 1 unspecified atom stereocenters. The predicted molar refractivity (Wildman–Crippen MR) is 55.9 cm³/mol. The average Bonchev–Trinajstić information content (AvgIpc) is 2.53. The molecule has 1 rings (SSSR count). The Kier molecular flexibility index (Phi) is 4.74. The van der Waals surface area contributed by atoms with Crippen molar-refractivity contribution in [2.24, 2.45) is 0 Å². The maximum Gasteiger partial charge on any atom is 0.316 e. The first-order valence-corrected chi connectivity index (χ1v) is 6.43. The van der Waals surface area contributed by atoms with Gasteiger partial charge in [-0.3, -0.25) is 13.8 Å². The number of hydrogen-bond donors (Lipinski definition) is 2. The fraction of sp³-hybridized carbons (Fsp3) is 0.778. The quantitative estimate of drug-likeness (QED) is 0.693. The van der Waals surface area contributed by atoms with Crippen LogP contribution >= 0.6 is 0 Å². The predicted octanol–water partition coefficient (Wildman–Crippen LogP) is -0.122. The van der Waals surface area contributed by atoms with E-state index in [9.17, 15) is 13.8 Å². The first-order valence-electron chi connectivity index (χ1n) is 4.94.